The highest BCUT2D eigenvalue weighted by atomic mass is 35.5. The molecule has 0 heterocycles. The summed E-state index contributed by atoms with van der Waals surface area (Å²) in [5.74, 6) is 2.35. The maximum absolute atomic E-state index is 11.3. The Hall–Kier alpha value is -1.22. The number of hydrogen-bond donors (Lipinski definition) is 2. The van der Waals surface area contributed by atoms with Crippen molar-refractivity contribution < 1.29 is 9.90 Å². The lowest BCUT2D eigenvalue weighted by atomic mass is 10.0. The zero-order valence-corrected chi connectivity index (χ0v) is 11.2. The second-order valence-corrected chi connectivity index (χ2v) is 6.53. The minimum atomic E-state index is -0.957. The minimum absolute atomic E-state index is 0.210. The van der Waals surface area contributed by atoms with Crippen LogP contribution in [0.4, 0.5) is 5.69 Å². The van der Waals surface area contributed by atoms with E-state index in [9.17, 15) is 9.90 Å². The second kappa shape index (κ2) is 3.89. The predicted molar refractivity (Wildman–Crippen MR) is 73.6 cm³/mol. The number of halogens is 1. The van der Waals surface area contributed by atoms with E-state index in [0.29, 0.717) is 16.8 Å². The van der Waals surface area contributed by atoms with Gasteiger partial charge in [-0.3, -0.25) is 0 Å². The molecule has 0 spiro atoms. The molecule has 4 unspecified atom stereocenters. The van der Waals surface area contributed by atoms with E-state index >= 15 is 0 Å². The molecule has 2 bridgehead atoms. The van der Waals surface area contributed by atoms with Crippen molar-refractivity contribution in [3.05, 3.63) is 28.8 Å². The first-order valence-corrected chi connectivity index (χ1v) is 7.33. The summed E-state index contributed by atoms with van der Waals surface area (Å²) in [6, 6.07) is 5.74. The van der Waals surface area contributed by atoms with Gasteiger partial charge in [-0.05, 0) is 55.1 Å². The lowest BCUT2D eigenvalue weighted by molar-refractivity contribution is 0.0698. The molecule has 0 amide bonds. The molecule has 0 aliphatic heterocycles. The molecule has 2 N–H and O–H groups in total. The summed E-state index contributed by atoms with van der Waals surface area (Å²) in [6.45, 7) is 0. The normalized spacial score (nSPS) is 38.1. The van der Waals surface area contributed by atoms with Crippen molar-refractivity contribution >= 4 is 23.3 Å². The van der Waals surface area contributed by atoms with Crippen LogP contribution >= 0.6 is 11.6 Å². The molecular formula is C15H16ClNO2. The lowest BCUT2D eigenvalue weighted by Gasteiger charge is -2.14. The zero-order chi connectivity index (χ0) is 13.1. The smallest absolute Gasteiger partial charge is 0.339 e. The van der Waals surface area contributed by atoms with Gasteiger partial charge in [-0.1, -0.05) is 17.7 Å². The van der Waals surface area contributed by atoms with Gasteiger partial charge in [0, 0.05) is 6.04 Å². The van der Waals surface area contributed by atoms with E-state index in [-0.39, 0.29) is 5.56 Å². The summed E-state index contributed by atoms with van der Waals surface area (Å²) >= 11 is 6.00. The third-order valence-electron chi connectivity index (χ3n) is 5.28. The number of aromatic carboxylic acids is 1. The number of carboxylic acids is 1. The van der Waals surface area contributed by atoms with Crippen molar-refractivity contribution in [2.24, 2.45) is 23.7 Å². The van der Waals surface area contributed by atoms with Gasteiger partial charge < -0.3 is 10.4 Å². The number of carboxylic acid groups (broad SMARTS) is 1. The molecule has 19 heavy (non-hydrogen) atoms. The first-order valence-electron chi connectivity index (χ1n) is 6.95. The molecule has 0 radical (unpaired) electrons. The quantitative estimate of drug-likeness (QED) is 0.889. The van der Waals surface area contributed by atoms with Gasteiger partial charge in [0.15, 0.2) is 0 Å². The summed E-state index contributed by atoms with van der Waals surface area (Å²) in [6.07, 6.45) is 4.13. The van der Waals surface area contributed by atoms with Crippen LogP contribution < -0.4 is 5.32 Å². The van der Waals surface area contributed by atoms with Crippen molar-refractivity contribution in [3.63, 3.8) is 0 Å². The Morgan fingerprint density at radius 1 is 1.26 bits per heavy atom. The minimum Gasteiger partial charge on any atom is -0.478 e. The average Bonchev–Trinajstić information content (AvgIpc) is 2.78. The molecule has 1 aromatic rings. The Kier molecular flexibility index (Phi) is 2.37. The fourth-order valence-corrected chi connectivity index (χ4v) is 4.82. The van der Waals surface area contributed by atoms with Crippen molar-refractivity contribution in [3.8, 4) is 0 Å². The Balaban J connectivity index is 1.59. The van der Waals surface area contributed by atoms with Gasteiger partial charge >= 0.3 is 5.97 Å². The van der Waals surface area contributed by atoms with Gasteiger partial charge in [0.05, 0.1) is 10.7 Å². The van der Waals surface area contributed by atoms with Gasteiger partial charge in [-0.15, -0.1) is 0 Å². The second-order valence-electron chi connectivity index (χ2n) is 6.13. The summed E-state index contributed by atoms with van der Waals surface area (Å²) in [5, 5.41) is 13.0. The van der Waals surface area contributed by atoms with E-state index in [1.165, 1.54) is 19.3 Å². The number of anilines is 1. The largest absolute Gasteiger partial charge is 0.478 e. The van der Waals surface area contributed by atoms with Crippen LogP contribution in [0.3, 0.4) is 0 Å². The van der Waals surface area contributed by atoms with Crippen LogP contribution in [0, 0.1) is 23.7 Å². The van der Waals surface area contributed by atoms with Crippen molar-refractivity contribution in [1.82, 2.24) is 0 Å². The molecule has 3 aliphatic rings. The predicted octanol–water partition coefficient (Wildman–Crippen LogP) is 3.49. The molecule has 3 aliphatic carbocycles. The van der Waals surface area contributed by atoms with Crippen LogP contribution in [0.5, 0.6) is 0 Å². The molecular weight excluding hydrogens is 262 g/mol. The van der Waals surface area contributed by atoms with E-state index in [4.69, 9.17) is 11.6 Å². The Morgan fingerprint density at radius 2 is 1.95 bits per heavy atom. The van der Waals surface area contributed by atoms with Gasteiger partial charge in [0.25, 0.3) is 0 Å². The standard InChI is InChI=1S/C15H16ClNO2/c16-9-2-1-3-10(13(9)15(18)19)17-14-11-7-4-5-8(6-7)12(11)14/h1-3,7-8,11-12,14,17H,4-6H2,(H,18,19). The van der Waals surface area contributed by atoms with Crippen LogP contribution in [0.15, 0.2) is 18.2 Å². The molecule has 3 nitrogen and oxygen atoms in total. The third kappa shape index (κ3) is 1.61. The molecule has 1 aromatic carbocycles. The fraction of sp³-hybridized carbons (Fsp3) is 0.533. The summed E-state index contributed by atoms with van der Waals surface area (Å²) in [5.41, 5.74) is 0.889. The number of fused-ring (bicyclic) bond motifs is 5. The lowest BCUT2D eigenvalue weighted by Crippen LogP contribution is -2.15. The highest BCUT2D eigenvalue weighted by Crippen LogP contribution is 2.66. The van der Waals surface area contributed by atoms with Gasteiger partial charge in [-0.25, -0.2) is 4.79 Å². The maximum Gasteiger partial charge on any atom is 0.339 e. The van der Waals surface area contributed by atoms with Gasteiger partial charge in [-0.2, -0.15) is 0 Å². The van der Waals surface area contributed by atoms with E-state index in [1.807, 2.05) is 12.1 Å². The van der Waals surface area contributed by atoms with Crippen LogP contribution in [-0.2, 0) is 0 Å². The Bertz CT molecular complexity index is 543. The van der Waals surface area contributed by atoms with Gasteiger partial charge in [0.2, 0.25) is 0 Å². The molecule has 3 saturated carbocycles. The first kappa shape index (κ1) is 11.6. The topological polar surface area (TPSA) is 49.3 Å². The van der Waals surface area contributed by atoms with Crippen LogP contribution in [-0.4, -0.2) is 17.1 Å². The average molecular weight is 278 g/mol. The molecule has 0 aromatic heterocycles. The number of carbonyl (C=O) groups is 1. The molecule has 4 atom stereocenters. The van der Waals surface area contributed by atoms with Crippen molar-refractivity contribution in [2.45, 2.75) is 25.3 Å². The Labute approximate surface area is 117 Å². The van der Waals surface area contributed by atoms with Crippen LogP contribution in [0.1, 0.15) is 29.6 Å². The zero-order valence-electron chi connectivity index (χ0n) is 10.5. The van der Waals surface area contributed by atoms with Crippen LogP contribution in [0.2, 0.25) is 5.02 Å². The summed E-state index contributed by atoms with van der Waals surface area (Å²) in [7, 11) is 0. The molecule has 4 heteroatoms. The van der Waals surface area contributed by atoms with Gasteiger partial charge in [0.1, 0.15) is 5.56 Å². The molecule has 4 rings (SSSR count). The number of rotatable bonds is 3. The number of nitrogens with one attached hydrogen (secondary N) is 1. The summed E-state index contributed by atoms with van der Waals surface area (Å²) < 4.78 is 0. The summed E-state index contributed by atoms with van der Waals surface area (Å²) in [4.78, 5) is 11.3. The first-order chi connectivity index (χ1) is 9.16. The monoisotopic (exact) mass is 277 g/mol. The Morgan fingerprint density at radius 3 is 2.58 bits per heavy atom. The molecule has 100 valence electrons. The number of benzene rings is 1. The SMILES string of the molecule is O=C(O)c1c(Cl)cccc1NC1C2C3CCC(C3)C12. The third-order valence-corrected chi connectivity index (χ3v) is 5.60. The van der Waals surface area contributed by atoms with E-state index in [2.05, 4.69) is 5.32 Å². The van der Waals surface area contributed by atoms with Crippen LogP contribution in [0.25, 0.3) is 0 Å². The molecule has 0 saturated heterocycles. The van der Waals surface area contributed by atoms with E-state index in [1.54, 1.807) is 6.07 Å². The number of hydrogen-bond acceptors (Lipinski definition) is 2. The molecule has 3 fully saturated rings. The highest BCUT2D eigenvalue weighted by Gasteiger charge is 2.65. The van der Waals surface area contributed by atoms with Crippen molar-refractivity contribution in [2.75, 3.05) is 5.32 Å². The fourth-order valence-electron chi connectivity index (χ4n) is 4.56. The van der Waals surface area contributed by atoms with E-state index < -0.39 is 5.97 Å². The van der Waals surface area contributed by atoms with E-state index in [0.717, 1.165) is 23.7 Å². The maximum atomic E-state index is 11.3. The van der Waals surface area contributed by atoms with Crippen molar-refractivity contribution in [1.29, 1.82) is 0 Å². The highest BCUT2D eigenvalue weighted by molar-refractivity contribution is 6.34.